The number of hydrogen-bond donors (Lipinski definition) is 0. The topological polar surface area (TPSA) is 62.6 Å². The molecule has 0 bridgehead atoms. The molecule has 0 N–H and O–H groups in total. The fourth-order valence-electron chi connectivity index (χ4n) is 2.72. The molecule has 3 aromatic rings. The maximum atomic E-state index is 12.9. The minimum absolute atomic E-state index is 0.0770. The molecule has 0 fully saturated rings. The van der Waals surface area contributed by atoms with E-state index in [4.69, 9.17) is 14.7 Å². The van der Waals surface area contributed by atoms with Crippen molar-refractivity contribution in [1.82, 2.24) is 4.90 Å². The number of benzene rings is 2. The number of hydrogen-bond acceptors (Lipinski definition) is 5. The van der Waals surface area contributed by atoms with Crippen LogP contribution >= 0.6 is 11.3 Å². The summed E-state index contributed by atoms with van der Waals surface area (Å²) >= 11 is 1.61. The molecule has 1 amide bonds. The fourth-order valence-corrected chi connectivity index (χ4v) is 3.44. The number of carbonyl (C=O) groups is 1. The maximum absolute atomic E-state index is 12.9. The molecule has 3 rings (SSSR count). The van der Waals surface area contributed by atoms with Crippen LogP contribution in [-0.2, 0) is 17.9 Å². The van der Waals surface area contributed by atoms with Crippen LogP contribution in [0.4, 0.5) is 0 Å². The zero-order valence-electron chi connectivity index (χ0n) is 15.5. The highest BCUT2D eigenvalue weighted by atomic mass is 32.1. The van der Waals surface area contributed by atoms with Gasteiger partial charge in [-0.25, -0.2) is 0 Å². The summed E-state index contributed by atoms with van der Waals surface area (Å²) < 4.78 is 11.1. The van der Waals surface area contributed by atoms with E-state index in [9.17, 15) is 4.79 Å². The van der Waals surface area contributed by atoms with Crippen molar-refractivity contribution in [3.8, 4) is 17.6 Å². The second-order valence-electron chi connectivity index (χ2n) is 6.07. The molecule has 0 atom stereocenters. The van der Waals surface area contributed by atoms with Gasteiger partial charge < -0.3 is 14.4 Å². The number of amides is 1. The highest BCUT2D eigenvalue weighted by Gasteiger charge is 2.18. The Morgan fingerprint density at radius 3 is 2.54 bits per heavy atom. The van der Waals surface area contributed by atoms with Crippen molar-refractivity contribution in [2.75, 3.05) is 13.7 Å². The van der Waals surface area contributed by atoms with Crippen molar-refractivity contribution < 1.29 is 14.3 Å². The number of carbonyl (C=O) groups excluding carboxylic acids is 1. The Morgan fingerprint density at radius 1 is 1.07 bits per heavy atom. The molecule has 0 radical (unpaired) electrons. The van der Waals surface area contributed by atoms with Gasteiger partial charge in [0.05, 0.1) is 25.3 Å². The normalized spacial score (nSPS) is 10.1. The molecule has 0 aliphatic rings. The van der Waals surface area contributed by atoms with Gasteiger partial charge in [0.2, 0.25) is 0 Å². The van der Waals surface area contributed by atoms with E-state index in [0.717, 1.165) is 16.2 Å². The molecular formula is C22H20N2O3S. The molecule has 1 aromatic heterocycles. The molecule has 0 spiro atoms. The van der Waals surface area contributed by atoms with Crippen LogP contribution in [0.1, 0.15) is 16.0 Å². The van der Waals surface area contributed by atoms with Crippen molar-refractivity contribution in [1.29, 1.82) is 5.26 Å². The minimum atomic E-state index is -0.122. The molecule has 142 valence electrons. The lowest BCUT2D eigenvalue weighted by Gasteiger charge is -2.23. The lowest BCUT2D eigenvalue weighted by Crippen LogP contribution is -2.34. The monoisotopic (exact) mass is 392 g/mol. The zero-order valence-corrected chi connectivity index (χ0v) is 16.3. The van der Waals surface area contributed by atoms with Crippen LogP contribution in [0.25, 0.3) is 0 Å². The Hall–Kier alpha value is -3.30. The summed E-state index contributed by atoms with van der Waals surface area (Å²) in [5, 5.41) is 10.9. The first kappa shape index (κ1) is 19.5. The molecule has 1 heterocycles. The number of methoxy groups -OCH3 is 1. The summed E-state index contributed by atoms with van der Waals surface area (Å²) in [5.41, 5.74) is 1.49. The van der Waals surface area contributed by atoms with Gasteiger partial charge in [0.25, 0.3) is 5.91 Å². The second-order valence-corrected chi connectivity index (χ2v) is 7.10. The average Bonchev–Trinajstić information content (AvgIpc) is 3.25. The van der Waals surface area contributed by atoms with Crippen molar-refractivity contribution in [3.05, 3.63) is 82.0 Å². The third-order valence-electron chi connectivity index (χ3n) is 4.18. The second kappa shape index (κ2) is 9.58. The smallest absolute Gasteiger partial charge is 0.261 e. The first-order valence-corrected chi connectivity index (χ1v) is 9.62. The molecule has 0 unspecified atom stereocenters. The molecule has 6 heteroatoms. The van der Waals surface area contributed by atoms with E-state index in [0.29, 0.717) is 24.4 Å². The Morgan fingerprint density at radius 2 is 1.86 bits per heavy atom. The van der Waals surface area contributed by atoms with Crippen LogP contribution in [0.3, 0.4) is 0 Å². The molecule has 2 aromatic carbocycles. The van der Waals surface area contributed by atoms with Gasteiger partial charge in [0.1, 0.15) is 11.5 Å². The van der Waals surface area contributed by atoms with E-state index < -0.39 is 0 Å². The lowest BCUT2D eigenvalue weighted by molar-refractivity contribution is -0.134. The van der Waals surface area contributed by atoms with Crippen LogP contribution in [0.15, 0.2) is 66.0 Å². The standard InChI is InChI=1S/C22H20N2O3S/c1-26-21-7-3-2-5-18(21)14-24(15-20-6-4-12-28-20)22(25)16-27-19-10-8-17(13-23)9-11-19/h2-12H,14-16H2,1H3. The quantitative estimate of drug-likeness (QED) is 0.575. The van der Waals surface area contributed by atoms with Gasteiger partial charge in [-0.05, 0) is 41.8 Å². The molecule has 0 saturated carbocycles. The van der Waals surface area contributed by atoms with Crippen LogP contribution < -0.4 is 9.47 Å². The van der Waals surface area contributed by atoms with Crippen LogP contribution in [0.5, 0.6) is 11.5 Å². The Labute approximate surface area is 168 Å². The van der Waals surface area contributed by atoms with Gasteiger partial charge in [-0.15, -0.1) is 11.3 Å². The molecule has 0 aliphatic carbocycles. The van der Waals surface area contributed by atoms with E-state index in [2.05, 4.69) is 6.07 Å². The zero-order chi connectivity index (χ0) is 19.8. The fraction of sp³-hybridized carbons (Fsp3) is 0.182. The summed E-state index contributed by atoms with van der Waals surface area (Å²) in [6, 6.07) is 20.4. The molecular weight excluding hydrogens is 372 g/mol. The van der Waals surface area contributed by atoms with Gasteiger partial charge in [0.15, 0.2) is 6.61 Å². The van der Waals surface area contributed by atoms with E-state index in [1.807, 2.05) is 41.8 Å². The van der Waals surface area contributed by atoms with E-state index in [1.165, 1.54) is 0 Å². The Kier molecular flexibility index (Phi) is 6.66. The number of thiophene rings is 1. The van der Waals surface area contributed by atoms with Gasteiger partial charge in [-0.3, -0.25) is 4.79 Å². The van der Waals surface area contributed by atoms with Crippen molar-refractivity contribution >= 4 is 17.2 Å². The Balaban J connectivity index is 1.71. The average molecular weight is 392 g/mol. The number of nitriles is 1. The lowest BCUT2D eigenvalue weighted by atomic mass is 10.2. The summed E-state index contributed by atoms with van der Waals surface area (Å²) in [5.74, 6) is 1.18. The van der Waals surface area contributed by atoms with E-state index >= 15 is 0 Å². The summed E-state index contributed by atoms with van der Waals surface area (Å²) in [4.78, 5) is 15.7. The van der Waals surface area contributed by atoms with Crippen LogP contribution in [0.2, 0.25) is 0 Å². The number of nitrogens with zero attached hydrogens (tertiary/aromatic N) is 2. The van der Waals surface area contributed by atoms with E-state index in [1.54, 1.807) is 47.6 Å². The van der Waals surface area contributed by atoms with Crippen molar-refractivity contribution in [2.24, 2.45) is 0 Å². The number of rotatable bonds is 8. The molecule has 5 nitrogen and oxygen atoms in total. The molecule has 28 heavy (non-hydrogen) atoms. The summed E-state index contributed by atoms with van der Waals surface area (Å²) in [7, 11) is 1.62. The maximum Gasteiger partial charge on any atom is 0.261 e. The largest absolute Gasteiger partial charge is 0.496 e. The highest BCUT2D eigenvalue weighted by molar-refractivity contribution is 7.09. The third kappa shape index (κ3) is 5.12. The molecule has 0 saturated heterocycles. The van der Waals surface area contributed by atoms with Gasteiger partial charge in [-0.2, -0.15) is 5.26 Å². The predicted molar refractivity (Wildman–Crippen MR) is 108 cm³/mol. The summed E-state index contributed by atoms with van der Waals surface area (Å²) in [6.45, 7) is 0.856. The van der Waals surface area contributed by atoms with Crippen molar-refractivity contribution in [3.63, 3.8) is 0 Å². The number of ether oxygens (including phenoxy) is 2. The van der Waals surface area contributed by atoms with E-state index in [-0.39, 0.29) is 12.5 Å². The number of para-hydroxylation sites is 1. The highest BCUT2D eigenvalue weighted by Crippen LogP contribution is 2.22. The van der Waals surface area contributed by atoms with Gasteiger partial charge in [0, 0.05) is 17.0 Å². The van der Waals surface area contributed by atoms with Gasteiger partial charge in [-0.1, -0.05) is 24.3 Å². The Bertz CT molecular complexity index is 947. The van der Waals surface area contributed by atoms with Crippen LogP contribution in [0, 0.1) is 11.3 Å². The first-order valence-electron chi connectivity index (χ1n) is 8.74. The minimum Gasteiger partial charge on any atom is -0.496 e. The third-order valence-corrected chi connectivity index (χ3v) is 5.04. The SMILES string of the molecule is COc1ccccc1CN(Cc1cccs1)C(=O)COc1ccc(C#N)cc1. The van der Waals surface area contributed by atoms with Gasteiger partial charge >= 0.3 is 0 Å². The van der Waals surface area contributed by atoms with Crippen LogP contribution in [-0.4, -0.2) is 24.5 Å². The van der Waals surface area contributed by atoms with Crippen molar-refractivity contribution in [2.45, 2.75) is 13.1 Å². The molecule has 0 aliphatic heterocycles. The first-order chi connectivity index (χ1) is 13.7. The predicted octanol–water partition coefficient (Wildman–Crippen LogP) is 4.24. The summed E-state index contributed by atoms with van der Waals surface area (Å²) in [6.07, 6.45) is 0.